The fraction of sp³-hybridized carbons (Fsp3) is 0.286. The van der Waals surface area contributed by atoms with Crippen LogP contribution in [0.4, 0.5) is 0 Å². The second-order valence-electron chi connectivity index (χ2n) is 4.40. The Balaban J connectivity index is 2.06. The lowest BCUT2D eigenvalue weighted by Gasteiger charge is -2.17. The molecular weight excluding hydrogens is 274 g/mol. The lowest BCUT2D eigenvalue weighted by Crippen LogP contribution is -2.23. The third kappa shape index (κ3) is 2.54. The Kier molecular flexibility index (Phi) is 3.87. The molecule has 19 heavy (non-hydrogen) atoms. The number of nitrogens with one attached hydrogen (secondary N) is 1. The zero-order chi connectivity index (χ0) is 13.1. The molecule has 0 saturated heterocycles. The first-order chi connectivity index (χ1) is 9.40. The molecule has 3 nitrogen and oxygen atoms in total. The predicted octanol–water partition coefficient (Wildman–Crippen LogP) is 3.84. The zero-order valence-electron chi connectivity index (χ0n) is 10.7. The van der Waals surface area contributed by atoms with Gasteiger partial charge in [0, 0.05) is 10.1 Å². The summed E-state index contributed by atoms with van der Waals surface area (Å²) >= 11 is 3.19. The Labute approximate surface area is 120 Å². The average Bonchev–Trinajstić information content (AvgIpc) is 3.10. The SMILES string of the molecule is CCCNC(c1csnn1)c1cccc2ccsc12. The molecule has 0 radical (unpaired) electrons. The van der Waals surface area contributed by atoms with Gasteiger partial charge in [0.15, 0.2) is 0 Å². The van der Waals surface area contributed by atoms with Crippen molar-refractivity contribution in [2.24, 2.45) is 0 Å². The summed E-state index contributed by atoms with van der Waals surface area (Å²) < 4.78 is 5.34. The van der Waals surface area contributed by atoms with Crippen LogP contribution >= 0.6 is 22.9 Å². The van der Waals surface area contributed by atoms with Gasteiger partial charge in [-0.3, -0.25) is 0 Å². The normalized spacial score (nSPS) is 12.9. The molecule has 3 aromatic rings. The molecule has 2 aromatic heterocycles. The van der Waals surface area contributed by atoms with Gasteiger partial charge in [-0.25, -0.2) is 0 Å². The topological polar surface area (TPSA) is 37.8 Å². The maximum atomic E-state index is 4.25. The largest absolute Gasteiger partial charge is 0.305 e. The van der Waals surface area contributed by atoms with E-state index in [1.165, 1.54) is 27.2 Å². The van der Waals surface area contributed by atoms with Crippen molar-refractivity contribution in [2.45, 2.75) is 19.4 Å². The molecule has 1 aromatic carbocycles. The zero-order valence-corrected chi connectivity index (χ0v) is 12.3. The molecule has 98 valence electrons. The maximum Gasteiger partial charge on any atom is 0.0970 e. The molecule has 2 heterocycles. The van der Waals surface area contributed by atoms with Crippen LogP contribution in [-0.2, 0) is 0 Å². The molecule has 0 spiro atoms. The van der Waals surface area contributed by atoms with Crippen LogP contribution in [-0.4, -0.2) is 16.1 Å². The molecule has 0 amide bonds. The average molecular weight is 289 g/mol. The highest BCUT2D eigenvalue weighted by Gasteiger charge is 2.18. The molecule has 0 fully saturated rings. The molecule has 0 saturated carbocycles. The Bertz CT molecular complexity index is 646. The van der Waals surface area contributed by atoms with Crippen LogP contribution in [0.25, 0.3) is 10.1 Å². The van der Waals surface area contributed by atoms with E-state index in [4.69, 9.17) is 0 Å². The minimum Gasteiger partial charge on any atom is -0.305 e. The molecule has 5 heteroatoms. The molecular formula is C14H15N3S2. The lowest BCUT2D eigenvalue weighted by molar-refractivity contribution is 0.588. The van der Waals surface area contributed by atoms with Crippen molar-refractivity contribution in [3.8, 4) is 0 Å². The smallest absolute Gasteiger partial charge is 0.0970 e. The van der Waals surface area contributed by atoms with Crippen molar-refractivity contribution < 1.29 is 0 Å². The second-order valence-corrected chi connectivity index (χ2v) is 5.93. The highest BCUT2D eigenvalue weighted by Crippen LogP contribution is 2.31. The van der Waals surface area contributed by atoms with Gasteiger partial charge >= 0.3 is 0 Å². The van der Waals surface area contributed by atoms with Crippen molar-refractivity contribution >= 4 is 33.0 Å². The third-order valence-electron chi connectivity index (χ3n) is 3.09. The van der Waals surface area contributed by atoms with E-state index in [0.29, 0.717) is 0 Å². The van der Waals surface area contributed by atoms with E-state index in [9.17, 15) is 0 Å². The van der Waals surface area contributed by atoms with Crippen LogP contribution in [0, 0.1) is 0 Å². The van der Waals surface area contributed by atoms with Gasteiger partial charge in [-0.05, 0) is 46.9 Å². The van der Waals surface area contributed by atoms with Crippen LogP contribution in [0.2, 0.25) is 0 Å². The first kappa shape index (κ1) is 12.7. The molecule has 0 bridgehead atoms. The quantitative estimate of drug-likeness (QED) is 0.775. The van der Waals surface area contributed by atoms with Crippen molar-refractivity contribution in [1.82, 2.24) is 14.9 Å². The van der Waals surface area contributed by atoms with E-state index in [1.54, 1.807) is 11.3 Å². The minimum absolute atomic E-state index is 0.140. The number of benzene rings is 1. The fourth-order valence-corrected chi connectivity index (χ4v) is 3.63. The molecule has 1 atom stereocenters. The summed E-state index contributed by atoms with van der Waals surface area (Å²) in [7, 11) is 0. The number of thiophene rings is 1. The van der Waals surface area contributed by atoms with Gasteiger partial charge in [-0.15, -0.1) is 16.4 Å². The van der Waals surface area contributed by atoms with Crippen LogP contribution in [0.3, 0.4) is 0 Å². The Morgan fingerprint density at radius 1 is 1.32 bits per heavy atom. The summed E-state index contributed by atoms with van der Waals surface area (Å²) in [5.74, 6) is 0. The van der Waals surface area contributed by atoms with Crippen LogP contribution in [0.5, 0.6) is 0 Å². The summed E-state index contributed by atoms with van der Waals surface area (Å²) in [4.78, 5) is 0. The molecule has 1 unspecified atom stereocenters. The summed E-state index contributed by atoms with van der Waals surface area (Å²) in [6.45, 7) is 3.15. The van der Waals surface area contributed by atoms with Crippen molar-refractivity contribution in [3.05, 3.63) is 46.3 Å². The predicted molar refractivity (Wildman–Crippen MR) is 81.9 cm³/mol. The minimum atomic E-state index is 0.140. The Hall–Kier alpha value is -1.30. The Morgan fingerprint density at radius 3 is 3.05 bits per heavy atom. The first-order valence-electron chi connectivity index (χ1n) is 6.36. The summed E-state index contributed by atoms with van der Waals surface area (Å²) in [6, 6.07) is 8.77. The monoisotopic (exact) mass is 289 g/mol. The number of hydrogen-bond donors (Lipinski definition) is 1. The van der Waals surface area contributed by atoms with Gasteiger partial charge in [0.25, 0.3) is 0 Å². The van der Waals surface area contributed by atoms with Crippen LogP contribution in [0.15, 0.2) is 35.0 Å². The van der Waals surface area contributed by atoms with E-state index in [-0.39, 0.29) is 6.04 Å². The van der Waals surface area contributed by atoms with Crippen LogP contribution in [0.1, 0.15) is 30.6 Å². The van der Waals surface area contributed by atoms with E-state index in [1.807, 2.05) is 5.38 Å². The molecule has 0 aliphatic rings. The lowest BCUT2D eigenvalue weighted by atomic mass is 10.0. The number of hydrogen-bond acceptors (Lipinski definition) is 5. The van der Waals surface area contributed by atoms with Gasteiger partial charge < -0.3 is 5.32 Å². The van der Waals surface area contributed by atoms with Gasteiger partial charge in [-0.1, -0.05) is 29.6 Å². The van der Waals surface area contributed by atoms with E-state index < -0.39 is 0 Å². The number of aromatic nitrogens is 2. The van der Waals surface area contributed by atoms with E-state index in [0.717, 1.165) is 18.7 Å². The molecule has 0 aliphatic heterocycles. The second kappa shape index (κ2) is 5.77. The van der Waals surface area contributed by atoms with E-state index >= 15 is 0 Å². The Morgan fingerprint density at radius 2 is 2.26 bits per heavy atom. The number of nitrogens with zero attached hydrogens (tertiary/aromatic N) is 2. The number of rotatable bonds is 5. The first-order valence-corrected chi connectivity index (χ1v) is 8.08. The molecule has 3 rings (SSSR count). The third-order valence-corrected chi connectivity index (χ3v) is 4.59. The highest BCUT2D eigenvalue weighted by molar-refractivity contribution is 7.17. The maximum absolute atomic E-state index is 4.25. The van der Waals surface area contributed by atoms with Crippen molar-refractivity contribution in [2.75, 3.05) is 6.54 Å². The fourth-order valence-electron chi connectivity index (χ4n) is 2.20. The van der Waals surface area contributed by atoms with Gasteiger partial charge in [0.1, 0.15) is 0 Å². The van der Waals surface area contributed by atoms with E-state index in [2.05, 4.69) is 51.5 Å². The highest BCUT2D eigenvalue weighted by atomic mass is 32.1. The number of fused-ring (bicyclic) bond motifs is 1. The molecule has 1 N–H and O–H groups in total. The summed E-state index contributed by atoms with van der Waals surface area (Å²) in [5.41, 5.74) is 2.31. The standard InChI is InChI=1S/C14H15N3S2/c1-2-7-15-13(12-9-19-17-16-12)11-5-3-4-10-6-8-18-14(10)11/h3-6,8-9,13,15H,2,7H2,1H3. The van der Waals surface area contributed by atoms with Crippen molar-refractivity contribution in [3.63, 3.8) is 0 Å². The summed E-state index contributed by atoms with van der Waals surface area (Å²) in [6.07, 6.45) is 1.11. The van der Waals surface area contributed by atoms with Crippen LogP contribution < -0.4 is 5.32 Å². The van der Waals surface area contributed by atoms with Crippen molar-refractivity contribution in [1.29, 1.82) is 0 Å². The van der Waals surface area contributed by atoms with Gasteiger partial charge in [-0.2, -0.15) is 0 Å². The van der Waals surface area contributed by atoms with Gasteiger partial charge in [0.05, 0.1) is 11.7 Å². The molecule has 0 aliphatic carbocycles. The summed E-state index contributed by atoms with van der Waals surface area (Å²) in [5, 5.41) is 13.3. The van der Waals surface area contributed by atoms with Gasteiger partial charge in [0.2, 0.25) is 0 Å².